The maximum atomic E-state index is 4.58. The average Bonchev–Trinajstić information content (AvgIpc) is 2.93. The minimum Gasteiger partial charge on any atom is -0.310 e. The van der Waals surface area contributed by atoms with Crippen molar-refractivity contribution in [3.8, 4) is 5.82 Å². The third-order valence-corrected chi connectivity index (χ3v) is 3.40. The SMILES string of the molecule is CCCNC(C)c1cccnc1-n1ccnc1CCC. The van der Waals surface area contributed by atoms with Crippen LogP contribution in [0.25, 0.3) is 5.82 Å². The molecule has 4 heteroatoms. The molecule has 108 valence electrons. The molecular formula is C16H24N4. The molecule has 4 nitrogen and oxygen atoms in total. The molecule has 0 aliphatic heterocycles. The van der Waals surface area contributed by atoms with E-state index in [9.17, 15) is 0 Å². The molecule has 2 aromatic rings. The van der Waals surface area contributed by atoms with Crippen LogP contribution in [0, 0.1) is 0 Å². The number of aryl methyl sites for hydroxylation is 1. The van der Waals surface area contributed by atoms with Crippen LogP contribution in [0.3, 0.4) is 0 Å². The number of nitrogens with one attached hydrogen (secondary N) is 1. The second-order valence-electron chi connectivity index (χ2n) is 5.06. The molecule has 1 atom stereocenters. The van der Waals surface area contributed by atoms with Gasteiger partial charge in [0.15, 0.2) is 0 Å². The molecular weight excluding hydrogens is 248 g/mol. The summed E-state index contributed by atoms with van der Waals surface area (Å²) in [4.78, 5) is 9.02. The summed E-state index contributed by atoms with van der Waals surface area (Å²) in [6.45, 7) is 7.55. The topological polar surface area (TPSA) is 42.7 Å². The highest BCUT2D eigenvalue weighted by molar-refractivity contribution is 5.37. The van der Waals surface area contributed by atoms with E-state index in [0.717, 1.165) is 37.4 Å². The Morgan fingerprint density at radius 1 is 1.20 bits per heavy atom. The fourth-order valence-corrected chi connectivity index (χ4v) is 2.36. The monoisotopic (exact) mass is 272 g/mol. The summed E-state index contributed by atoms with van der Waals surface area (Å²) in [5.41, 5.74) is 1.22. The van der Waals surface area contributed by atoms with Crippen LogP contribution in [-0.2, 0) is 6.42 Å². The van der Waals surface area contributed by atoms with Crippen LogP contribution >= 0.6 is 0 Å². The van der Waals surface area contributed by atoms with Crippen LogP contribution in [0.1, 0.15) is 51.0 Å². The fraction of sp³-hybridized carbons (Fsp3) is 0.500. The lowest BCUT2D eigenvalue weighted by Gasteiger charge is -2.18. The van der Waals surface area contributed by atoms with Crippen LogP contribution in [0.4, 0.5) is 0 Å². The van der Waals surface area contributed by atoms with E-state index in [2.05, 4.69) is 46.7 Å². The molecule has 0 aromatic carbocycles. The number of hydrogen-bond donors (Lipinski definition) is 1. The third-order valence-electron chi connectivity index (χ3n) is 3.40. The number of rotatable bonds is 7. The first-order valence-corrected chi connectivity index (χ1v) is 7.48. The van der Waals surface area contributed by atoms with E-state index in [1.807, 2.05) is 24.7 Å². The largest absolute Gasteiger partial charge is 0.310 e. The number of aromatic nitrogens is 3. The van der Waals surface area contributed by atoms with Crippen LogP contribution in [0.15, 0.2) is 30.7 Å². The average molecular weight is 272 g/mol. The Morgan fingerprint density at radius 3 is 2.80 bits per heavy atom. The van der Waals surface area contributed by atoms with Gasteiger partial charge in [0.2, 0.25) is 0 Å². The minimum absolute atomic E-state index is 0.288. The van der Waals surface area contributed by atoms with E-state index in [1.54, 1.807) is 0 Å². The highest BCUT2D eigenvalue weighted by Crippen LogP contribution is 2.21. The molecule has 2 aromatic heterocycles. The Bertz CT molecular complexity index is 533. The molecule has 2 rings (SSSR count). The van der Waals surface area contributed by atoms with Crippen molar-refractivity contribution in [2.24, 2.45) is 0 Å². The van der Waals surface area contributed by atoms with Gasteiger partial charge >= 0.3 is 0 Å². The fourth-order valence-electron chi connectivity index (χ4n) is 2.36. The lowest BCUT2D eigenvalue weighted by molar-refractivity contribution is 0.565. The van der Waals surface area contributed by atoms with E-state index < -0.39 is 0 Å². The molecule has 0 amide bonds. The quantitative estimate of drug-likeness (QED) is 0.841. The van der Waals surface area contributed by atoms with Gasteiger partial charge < -0.3 is 5.32 Å². The summed E-state index contributed by atoms with van der Waals surface area (Å²) in [6.07, 6.45) is 8.90. The van der Waals surface area contributed by atoms with Gasteiger partial charge in [-0.15, -0.1) is 0 Å². The Morgan fingerprint density at radius 2 is 2.05 bits per heavy atom. The predicted octanol–water partition coefficient (Wildman–Crippen LogP) is 3.28. The maximum Gasteiger partial charge on any atom is 0.142 e. The molecule has 0 fully saturated rings. The molecule has 0 bridgehead atoms. The highest BCUT2D eigenvalue weighted by atomic mass is 15.1. The normalized spacial score (nSPS) is 12.6. The van der Waals surface area contributed by atoms with Gasteiger partial charge in [0.1, 0.15) is 11.6 Å². The van der Waals surface area contributed by atoms with Crippen LogP contribution in [0.5, 0.6) is 0 Å². The summed E-state index contributed by atoms with van der Waals surface area (Å²) >= 11 is 0. The van der Waals surface area contributed by atoms with E-state index >= 15 is 0 Å². The van der Waals surface area contributed by atoms with Crippen LogP contribution in [-0.4, -0.2) is 21.1 Å². The molecule has 0 radical (unpaired) electrons. The van der Waals surface area contributed by atoms with Crippen LogP contribution in [0.2, 0.25) is 0 Å². The summed E-state index contributed by atoms with van der Waals surface area (Å²) in [7, 11) is 0. The maximum absolute atomic E-state index is 4.58. The molecule has 1 unspecified atom stereocenters. The zero-order chi connectivity index (χ0) is 14.4. The van der Waals surface area contributed by atoms with Crippen molar-refractivity contribution < 1.29 is 0 Å². The van der Waals surface area contributed by atoms with Gasteiger partial charge in [0.05, 0.1) is 0 Å². The van der Waals surface area contributed by atoms with E-state index in [-0.39, 0.29) is 6.04 Å². The summed E-state index contributed by atoms with van der Waals surface area (Å²) in [5, 5.41) is 3.53. The van der Waals surface area contributed by atoms with Gasteiger partial charge in [0.25, 0.3) is 0 Å². The lowest BCUT2D eigenvalue weighted by Crippen LogP contribution is -2.21. The molecule has 0 aliphatic rings. The smallest absolute Gasteiger partial charge is 0.142 e. The van der Waals surface area contributed by atoms with Crippen LogP contribution < -0.4 is 5.32 Å². The number of pyridine rings is 1. The first-order chi connectivity index (χ1) is 9.77. The summed E-state index contributed by atoms with van der Waals surface area (Å²) in [5.74, 6) is 2.07. The van der Waals surface area contributed by atoms with Gasteiger partial charge in [0, 0.05) is 36.6 Å². The summed E-state index contributed by atoms with van der Waals surface area (Å²) < 4.78 is 2.11. The lowest BCUT2D eigenvalue weighted by atomic mass is 10.1. The Hall–Kier alpha value is -1.68. The van der Waals surface area contributed by atoms with Gasteiger partial charge in [-0.25, -0.2) is 9.97 Å². The third kappa shape index (κ3) is 3.25. The standard InChI is InChI=1S/C16H24N4/c1-4-7-15-18-11-12-20(15)16-14(8-6-10-19-16)13(3)17-9-5-2/h6,8,10-13,17H,4-5,7,9H2,1-3H3. The highest BCUT2D eigenvalue weighted by Gasteiger charge is 2.14. The van der Waals surface area contributed by atoms with Crippen molar-refractivity contribution in [2.75, 3.05) is 6.54 Å². The zero-order valence-corrected chi connectivity index (χ0v) is 12.6. The molecule has 20 heavy (non-hydrogen) atoms. The Labute approximate surface area is 121 Å². The molecule has 0 aliphatic carbocycles. The van der Waals surface area contributed by atoms with Gasteiger partial charge in [-0.2, -0.15) is 0 Å². The van der Waals surface area contributed by atoms with Gasteiger partial charge in [-0.3, -0.25) is 4.57 Å². The van der Waals surface area contributed by atoms with E-state index in [1.165, 1.54) is 5.56 Å². The van der Waals surface area contributed by atoms with Crippen molar-refractivity contribution in [3.05, 3.63) is 42.1 Å². The molecule has 1 N–H and O–H groups in total. The second-order valence-corrected chi connectivity index (χ2v) is 5.06. The van der Waals surface area contributed by atoms with Gasteiger partial charge in [-0.1, -0.05) is 19.9 Å². The van der Waals surface area contributed by atoms with Crippen molar-refractivity contribution in [1.29, 1.82) is 0 Å². The molecule has 2 heterocycles. The van der Waals surface area contributed by atoms with E-state index in [4.69, 9.17) is 0 Å². The number of imidazole rings is 1. The Kier molecular flexibility index (Phi) is 5.30. The van der Waals surface area contributed by atoms with Gasteiger partial charge in [-0.05, 0) is 32.4 Å². The Balaban J connectivity index is 2.34. The van der Waals surface area contributed by atoms with Crippen molar-refractivity contribution in [1.82, 2.24) is 19.9 Å². The molecule has 0 saturated carbocycles. The van der Waals surface area contributed by atoms with Crippen molar-refractivity contribution in [2.45, 2.75) is 46.1 Å². The van der Waals surface area contributed by atoms with Crippen molar-refractivity contribution >= 4 is 0 Å². The minimum atomic E-state index is 0.288. The number of nitrogens with zero attached hydrogens (tertiary/aromatic N) is 3. The second kappa shape index (κ2) is 7.20. The molecule has 0 saturated heterocycles. The molecule has 0 spiro atoms. The number of hydrogen-bond acceptors (Lipinski definition) is 3. The zero-order valence-electron chi connectivity index (χ0n) is 12.6. The summed E-state index contributed by atoms with van der Waals surface area (Å²) in [6, 6.07) is 4.43. The van der Waals surface area contributed by atoms with E-state index in [0.29, 0.717) is 0 Å². The van der Waals surface area contributed by atoms with Crippen molar-refractivity contribution in [3.63, 3.8) is 0 Å². The first kappa shape index (κ1) is 14.7. The first-order valence-electron chi connectivity index (χ1n) is 7.48. The predicted molar refractivity (Wildman–Crippen MR) is 82.1 cm³/mol.